The first-order chi connectivity index (χ1) is 8.22. The monoisotopic (exact) mass is 235 g/mol. The molecule has 4 nitrogen and oxygen atoms in total. The van der Waals surface area contributed by atoms with Crippen LogP contribution < -0.4 is 10.5 Å². The second kappa shape index (κ2) is 5.19. The van der Waals surface area contributed by atoms with Crippen molar-refractivity contribution in [2.24, 2.45) is 11.7 Å². The number of ether oxygens (including phenoxy) is 1. The summed E-state index contributed by atoms with van der Waals surface area (Å²) in [6.45, 7) is 0.986. The van der Waals surface area contributed by atoms with Crippen molar-refractivity contribution < 1.29 is 14.6 Å². The van der Waals surface area contributed by atoms with Gasteiger partial charge in [-0.2, -0.15) is 0 Å². The topological polar surface area (TPSA) is 72.5 Å². The van der Waals surface area contributed by atoms with E-state index in [1.165, 1.54) is 0 Å². The molecule has 0 radical (unpaired) electrons. The summed E-state index contributed by atoms with van der Waals surface area (Å²) in [6.07, 6.45) is 1.12. The van der Waals surface area contributed by atoms with E-state index in [4.69, 9.17) is 15.6 Å². The normalized spacial score (nSPS) is 19.5. The Morgan fingerprint density at radius 2 is 2.29 bits per heavy atom. The molecule has 2 atom stereocenters. The van der Waals surface area contributed by atoms with Crippen LogP contribution in [0, 0.1) is 5.92 Å². The van der Waals surface area contributed by atoms with E-state index < -0.39 is 5.97 Å². The second-order valence-electron chi connectivity index (χ2n) is 4.39. The van der Waals surface area contributed by atoms with E-state index in [0.717, 1.165) is 11.3 Å². The van der Waals surface area contributed by atoms with Crippen molar-refractivity contribution in [3.63, 3.8) is 0 Å². The summed E-state index contributed by atoms with van der Waals surface area (Å²) < 4.78 is 5.55. The lowest BCUT2D eigenvalue weighted by atomic mass is 9.88. The minimum atomic E-state index is -0.764. The number of fused-ring (bicyclic) bond motifs is 1. The van der Waals surface area contributed by atoms with Gasteiger partial charge in [0.05, 0.1) is 12.5 Å². The number of aliphatic carboxylic acids is 1. The van der Waals surface area contributed by atoms with Crippen LogP contribution >= 0.6 is 0 Å². The Morgan fingerprint density at radius 1 is 1.53 bits per heavy atom. The first-order valence-electron chi connectivity index (χ1n) is 5.87. The van der Waals surface area contributed by atoms with Gasteiger partial charge in [0.1, 0.15) is 5.75 Å². The number of carbonyl (C=O) groups is 1. The summed E-state index contributed by atoms with van der Waals surface area (Å²) in [7, 11) is 0. The summed E-state index contributed by atoms with van der Waals surface area (Å²) in [5, 5.41) is 9.12. The standard InChI is InChI=1S/C13H17NO3/c14-6-5-9(13(15)16)7-10-8-17-12-4-2-1-3-11(10)12/h1-4,9-10H,5-8,14H2,(H,15,16). The summed E-state index contributed by atoms with van der Waals surface area (Å²) in [4.78, 5) is 11.1. The highest BCUT2D eigenvalue weighted by Gasteiger charge is 2.29. The third-order valence-electron chi connectivity index (χ3n) is 3.23. The number of hydrogen-bond acceptors (Lipinski definition) is 3. The largest absolute Gasteiger partial charge is 0.493 e. The van der Waals surface area contributed by atoms with E-state index in [1.807, 2.05) is 24.3 Å². The Labute approximate surface area is 100 Å². The summed E-state index contributed by atoms with van der Waals surface area (Å²) >= 11 is 0. The fraction of sp³-hybridized carbons (Fsp3) is 0.462. The van der Waals surface area contributed by atoms with Crippen molar-refractivity contribution in [2.45, 2.75) is 18.8 Å². The smallest absolute Gasteiger partial charge is 0.306 e. The molecule has 1 aliphatic heterocycles. The molecule has 17 heavy (non-hydrogen) atoms. The molecule has 1 aromatic rings. The van der Waals surface area contributed by atoms with Gasteiger partial charge in [0.25, 0.3) is 0 Å². The van der Waals surface area contributed by atoms with Gasteiger partial charge in [0.2, 0.25) is 0 Å². The zero-order valence-electron chi connectivity index (χ0n) is 9.63. The van der Waals surface area contributed by atoms with Crippen LogP contribution in [0.15, 0.2) is 24.3 Å². The zero-order chi connectivity index (χ0) is 12.3. The van der Waals surface area contributed by atoms with E-state index in [1.54, 1.807) is 0 Å². The van der Waals surface area contributed by atoms with Gasteiger partial charge in [0, 0.05) is 11.5 Å². The number of nitrogens with two attached hydrogens (primary N) is 1. The Morgan fingerprint density at radius 3 is 3.00 bits per heavy atom. The molecular formula is C13H17NO3. The van der Waals surface area contributed by atoms with Crippen LogP contribution in [0.2, 0.25) is 0 Å². The quantitative estimate of drug-likeness (QED) is 0.813. The van der Waals surface area contributed by atoms with Crippen LogP contribution in [0.5, 0.6) is 5.75 Å². The fourth-order valence-electron chi connectivity index (χ4n) is 2.31. The van der Waals surface area contributed by atoms with Gasteiger partial charge in [-0.15, -0.1) is 0 Å². The summed E-state index contributed by atoms with van der Waals surface area (Å²) in [6, 6.07) is 7.82. The van der Waals surface area contributed by atoms with Crippen molar-refractivity contribution in [3.8, 4) is 5.75 Å². The highest BCUT2D eigenvalue weighted by Crippen LogP contribution is 2.37. The third-order valence-corrected chi connectivity index (χ3v) is 3.23. The number of carboxylic acids is 1. The molecule has 2 unspecified atom stereocenters. The molecule has 0 bridgehead atoms. The lowest BCUT2D eigenvalue weighted by Gasteiger charge is -2.15. The van der Waals surface area contributed by atoms with Crippen molar-refractivity contribution in [1.29, 1.82) is 0 Å². The average molecular weight is 235 g/mol. The number of para-hydroxylation sites is 1. The van der Waals surface area contributed by atoms with E-state index in [0.29, 0.717) is 26.0 Å². The van der Waals surface area contributed by atoms with Gasteiger partial charge < -0.3 is 15.6 Å². The number of carboxylic acid groups (broad SMARTS) is 1. The van der Waals surface area contributed by atoms with Gasteiger partial charge in [-0.05, 0) is 25.5 Å². The molecule has 0 fully saturated rings. The van der Waals surface area contributed by atoms with Crippen molar-refractivity contribution in [2.75, 3.05) is 13.2 Å². The molecular weight excluding hydrogens is 218 g/mol. The van der Waals surface area contributed by atoms with Crippen LogP contribution in [0.25, 0.3) is 0 Å². The molecule has 0 aliphatic carbocycles. The molecule has 1 heterocycles. The molecule has 0 saturated carbocycles. The van der Waals surface area contributed by atoms with Crippen molar-refractivity contribution >= 4 is 5.97 Å². The van der Waals surface area contributed by atoms with Crippen LogP contribution in [-0.2, 0) is 4.79 Å². The number of hydrogen-bond donors (Lipinski definition) is 2. The highest BCUT2D eigenvalue weighted by atomic mass is 16.5. The van der Waals surface area contributed by atoms with E-state index in [2.05, 4.69) is 0 Å². The predicted octanol–water partition coefficient (Wildman–Crippen LogP) is 1.60. The minimum absolute atomic E-state index is 0.179. The Kier molecular flexibility index (Phi) is 3.64. The van der Waals surface area contributed by atoms with E-state index in [-0.39, 0.29) is 11.8 Å². The van der Waals surface area contributed by atoms with Crippen LogP contribution in [0.4, 0.5) is 0 Å². The Hall–Kier alpha value is -1.55. The first kappa shape index (κ1) is 11.9. The predicted molar refractivity (Wildman–Crippen MR) is 64.1 cm³/mol. The van der Waals surface area contributed by atoms with Crippen LogP contribution in [-0.4, -0.2) is 24.2 Å². The van der Waals surface area contributed by atoms with E-state index >= 15 is 0 Å². The molecule has 0 aromatic heterocycles. The third kappa shape index (κ3) is 2.58. The maximum atomic E-state index is 11.1. The highest BCUT2D eigenvalue weighted by molar-refractivity contribution is 5.70. The number of benzene rings is 1. The maximum absolute atomic E-state index is 11.1. The molecule has 3 N–H and O–H groups in total. The first-order valence-corrected chi connectivity index (χ1v) is 5.87. The lowest BCUT2D eigenvalue weighted by Crippen LogP contribution is -2.21. The molecule has 0 saturated heterocycles. The van der Waals surface area contributed by atoms with Gasteiger partial charge in [0.15, 0.2) is 0 Å². The number of rotatable bonds is 5. The Bertz CT molecular complexity index is 405. The van der Waals surface area contributed by atoms with Gasteiger partial charge in [-0.25, -0.2) is 0 Å². The fourth-order valence-corrected chi connectivity index (χ4v) is 2.31. The molecule has 92 valence electrons. The molecule has 0 spiro atoms. The summed E-state index contributed by atoms with van der Waals surface area (Å²) in [5.41, 5.74) is 6.56. The zero-order valence-corrected chi connectivity index (χ0v) is 9.63. The minimum Gasteiger partial charge on any atom is -0.493 e. The Balaban J connectivity index is 2.07. The maximum Gasteiger partial charge on any atom is 0.306 e. The molecule has 2 rings (SSSR count). The van der Waals surface area contributed by atoms with Crippen LogP contribution in [0.3, 0.4) is 0 Å². The molecule has 1 aromatic carbocycles. The van der Waals surface area contributed by atoms with Gasteiger partial charge >= 0.3 is 5.97 Å². The van der Waals surface area contributed by atoms with Crippen molar-refractivity contribution in [1.82, 2.24) is 0 Å². The second-order valence-corrected chi connectivity index (χ2v) is 4.39. The molecule has 0 amide bonds. The van der Waals surface area contributed by atoms with E-state index in [9.17, 15) is 4.79 Å². The SMILES string of the molecule is NCCC(CC1COc2ccccc21)C(=O)O. The molecule has 4 heteroatoms. The molecule has 1 aliphatic rings. The van der Waals surface area contributed by atoms with Gasteiger partial charge in [-0.1, -0.05) is 18.2 Å². The van der Waals surface area contributed by atoms with Crippen LogP contribution in [0.1, 0.15) is 24.3 Å². The lowest BCUT2D eigenvalue weighted by molar-refractivity contribution is -0.142. The average Bonchev–Trinajstić information content (AvgIpc) is 2.72. The van der Waals surface area contributed by atoms with Gasteiger partial charge in [-0.3, -0.25) is 4.79 Å². The van der Waals surface area contributed by atoms with Crippen molar-refractivity contribution in [3.05, 3.63) is 29.8 Å². The summed E-state index contributed by atoms with van der Waals surface area (Å²) in [5.74, 6) is -0.0761.